The van der Waals surface area contributed by atoms with Crippen LogP contribution in [0.3, 0.4) is 0 Å². The minimum atomic E-state index is -0.163. The Labute approximate surface area is 213 Å². The lowest BCUT2D eigenvalue weighted by atomic mass is 9.70. The van der Waals surface area contributed by atoms with Crippen LogP contribution in [0.4, 0.5) is 0 Å². The molecule has 2 aromatic rings. The zero-order valence-corrected chi connectivity index (χ0v) is 22.3. The van der Waals surface area contributed by atoms with Gasteiger partial charge in [-0.25, -0.2) is 4.79 Å². The SMILES string of the molecule is CCCC1CCC(C2CCC(OC(=O)c3ccc(-c4ccc(C[C@@H](C)CC)cc4)cc3)CC2)CC1. The highest BCUT2D eigenvalue weighted by molar-refractivity contribution is 5.90. The molecule has 190 valence electrons. The van der Waals surface area contributed by atoms with Gasteiger partial charge in [0.05, 0.1) is 5.56 Å². The summed E-state index contributed by atoms with van der Waals surface area (Å²) in [5.74, 6) is 3.30. The Morgan fingerprint density at radius 1 is 0.800 bits per heavy atom. The van der Waals surface area contributed by atoms with Crippen LogP contribution in [0.5, 0.6) is 0 Å². The molecular weight excluding hydrogens is 428 g/mol. The second kappa shape index (κ2) is 12.7. The number of esters is 1. The summed E-state index contributed by atoms with van der Waals surface area (Å²) in [7, 11) is 0. The van der Waals surface area contributed by atoms with Gasteiger partial charge in [0, 0.05) is 0 Å². The Bertz CT molecular complexity index is 897. The molecular formula is C33H46O2. The molecule has 0 unspecified atom stereocenters. The third-order valence-corrected chi connectivity index (χ3v) is 8.94. The summed E-state index contributed by atoms with van der Waals surface area (Å²) >= 11 is 0. The van der Waals surface area contributed by atoms with Crippen LogP contribution >= 0.6 is 0 Å². The molecule has 35 heavy (non-hydrogen) atoms. The first kappa shape index (κ1) is 26.0. The third-order valence-electron chi connectivity index (χ3n) is 8.94. The summed E-state index contributed by atoms with van der Waals surface area (Å²) in [5.41, 5.74) is 4.39. The Morgan fingerprint density at radius 3 is 1.89 bits per heavy atom. The van der Waals surface area contributed by atoms with E-state index >= 15 is 0 Å². The average molecular weight is 475 g/mol. The highest BCUT2D eigenvalue weighted by Crippen LogP contribution is 2.41. The molecule has 2 saturated carbocycles. The van der Waals surface area contributed by atoms with Crippen LogP contribution in [-0.4, -0.2) is 12.1 Å². The van der Waals surface area contributed by atoms with Crippen LogP contribution in [-0.2, 0) is 11.2 Å². The number of hydrogen-bond acceptors (Lipinski definition) is 2. The normalized spacial score (nSPS) is 25.7. The van der Waals surface area contributed by atoms with Crippen molar-refractivity contribution in [3.63, 3.8) is 0 Å². The van der Waals surface area contributed by atoms with Crippen molar-refractivity contribution in [2.45, 2.75) is 104 Å². The van der Waals surface area contributed by atoms with Gasteiger partial charge in [-0.15, -0.1) is 0 Å². The van der Waals surface area contributed by atoms with Crippen molar-refractivity contribution >= 4 is 5.97 Å². The van der Waals surface area contributed by atoms with Crippen molar-refractivity contribution < 1.29 is 9.53 Å². The summed E-state index contributed by atoms with van der Waals surface area (Å²) in [4.78, 5) is 12.8. The summed E-state index contributed by atoms with van der Waals surface area (Å²) < 4.78 is 5.93. The predicted molar refractivity (Wildman–Crippen MR) is 147 cm³/mol. The van der Waals surface area contributed by atoms with Crippen LogP contribution < -0.4 is 0 Å². The number of carbonyl (C=O) groups is 1. The molecule has 0 spiro atoms. The van der Waals surface area contributed by atoms with Crippen molar-refractivity contribution in [1.29, 1.82) is 0 Å². The van der Waals surface area contributed by atoms with Crippen LogP contribution in [0.1, 0.15) is 107 Å². The molecule has 0 radical (unpaired) electrons. The molecule has 2 heteroatoms. The topological polar surface area (TPSA) is 26.3 Å². The highest BCUT2D eigenvalue weighted by Gasteiger charge is 2.31. The van der Waals surface area contributed by atoms with Gasteiger partial charge in [-0.3, -0.25) is 0 Å². The van der Waals surface area contributed by atoms with E-state index in [9.17, 15) is 4.79 Å². The van der Waals surface area contributed by atoms with E-state index in [0.717, 1.165) is 42.6 Å². The minimum absolute atomic E-state index is 0.0907. The van der Waals surface area contributed by atoms with Gasteiger partial charge < -0.3 is 4.74 Å². The fourth-order valence-corrected chi connectivity index (χ4v) is 6.43. The van der Waals surface area contributed by atoms with Gasteiger partial charge >= 0.3 is 5.97 Å². The standard InChI is InChI=1S/C33H46O2/c1-4-6-25-7-11-27(12-8-25)30-19-21-32(22-20-30)35-33(34)31-17-15-29(16-18-31)28-13-9-26(10-14-28)23-24(3)5-2/h9-10,13-18,24-25,27,30,32H,4-8,11-12,19-23H2,1-3H3/t24-,25?,27?,30?,32?/m0/s1. The molecule has 4 rings (SSSR count). The molecule has 2 nitrogen and oxygen atoms in total. The molecule has 2 aromatic carbocycles. The first-order valence-electron chi connectivity index (χ1n) is 14.5. The number of ether oxygens (including phenoxy) is 1. The summed E-state index contributed by atoms with van der Waals surface area (Å²) in [6.45, 7) is 6.86. The first-order chi connectivity index (χ1) is 17.1. The van der Waals surface area contributed by atoms with E-state index in [4.69, 9.17) is 4.74 Å². The van der Waals surface area contributed by atoms with E-state index in [-0.39, 0.29) is 12.1 Å². The van der Waals surface area contributed by atoms with E-state index in [1.807, 2.05) is 24.3 Å². The van der Waals surface area contributed by atoms with Gasteiger partial charge in [0.1, 0.15) is 6.10 Å². The maximum atomic E-state index is 12.8. The fraction of sp³-hybridized carbons (Fsp3) is 0.606. The minimum Gasteiger partial charge on any atom is -0.459 e. The predicted octanol–water partition coefficient (Wildman–Crippen LogP) is 9.26. The fourth-order valence-electron chi connectivity index (χ4n) is 6.43. The Morgan fingerprint density at radius 2 is 1.34 bits per heavy atom. The first-order valence-corrected chi connectivity index (χ1v) is 14.5. The van der Waals surface area contributed by atoms with Crippen LogP contribution in [0.25, 0.3) is 11.1 Å². The molecule has 0 aliphatic heterocycles. The van der Waals surface area contributed by atoms with Gasteiger partial charge in [-0.2, -0.15) is 0 Å². The summed E-state index contributed by atoms with van der Waals surface area (Å²) in [5, 5.41) is 0. The van der Waals surface area contributed by atoms with Gasteiger partial charge in [0.15, 0.2) is 0 Å². The van der Waals surface area contributed by atoms with Crippen molar-refractivity contribution in [1.82, 2.24) is 0 Å². The van der Waals surface area contributed by atoms with Gasteiger partial charge in [-0.1, -0.05) is 89.3 Å². The smallest absolute Gasteiger partial charge is 0.338 e. The maximum absolute atomic E-state index is 12.8. The molecule has 2 aliphatic carbocycles. The zero-order valence-electron chi connectivity index (χ0n) is 22.3. The molecule has 0 N–H and O–H groups in total. The van der Waals surface area contributed by atoms with E-state index in [1.54, 1.807) is 0 Å². The second-order valence-electron chi connectivity index (χ2n) is 11.5. The lowest BCUT2D eigenvalue weighted by Gasteiger charge is -2.37. The largest absolute Gasteiger partial charge is 0.459 e. The molecule has 2 aliphatic rings. The lowest BCUT2D eigenvalue weighted by Crippen LogP contribution is -2.29. The van der Waals surface area contributed by atoms with Crippen LogP contribution in [0, 0.1) is 23.7 Å². The van der Waals surface area contributed by atoms with E-state index in [0.29, 0.717) is 11.5 Å². The Kier molecular flexibility index (Phi) is 9.46. The molecule has 0 heterocycles. The molecule has 0 saturated heterocycles. The number of rotatable bonds is 9. The zero-order chi connectivity index (χ0) is 24.6. The van der Waals surface area contributed by atoms with Gasteiger partial charge in [0.25, 0.3) is 0 Å². The summed E-state index contributed by atoms with van der Waals surface area (Å²) in [6.07, 6.45) is 15.4. The van der Waals surface area contributed by atoms with Gasteiger partial charge in [-0.05, 0) is 97.4 Å². The van der Waals surface area contributed by atoms with Crippen molar-refractivity contribution in [3.05, 3.63) is 59.7 Å². The Balaban J connectivity index is 1.23. The van der Waals surface area contributed by atoms with Crippen molar-refractivity contribution in [2.75, 3.05) is 0 Å². The molecule has 2 fully saturated rings. The molecule has 0 amide bonds. The van der Waals surface area contributed by atoms with E-state index < -0.39 is 0 Å². The van der Waals surface area contributed by atoms with E-state index in [2.05, 4.69) is 45.0 Å². The molecule has 0 bridgehead atoms. The molecule has 0 aromatic heterocycles. The summed E-state index contributed by atoms with van der Waals surface area (Å²) in [6, 6.07) is 16.8. The lowest BCUT2D eigenvalue weighted by molar-refractivity contribution is 0.0109. The number of carbonyl (C=O) groups excluding carboxylic acids is 1. The maximum Gasteiger partial charge on any atom is 0.338 e. The average Bonchev–Trinajstić information content (AvgIpc) is 2.90. The quantitative estimate of drug-likeness (QED) is 0.338. The molecule has 1 atom stereocenters. The van der Waals surface area contributed by atoms with Crippen molar-refractivity contribution in [2.24, 2.45) is 23.7 Å². The number of hydrogen-bond donors (Lipinski definition) is 0. The van der Waals surface area contributed by atoms with Gasteiger partial charge in [0.2, 0.25) is 0 Å². The van der Waals surface area contributed by atoms with E-state index in [1.165, 1.54) is 68.9 Å². The second-order valence-corrected chi connectivity index (χ2v) is 11.5. The monoisotopic (exact) mass is 474 g/mol. The Hall–Kier alpha value is -2.09. The van der Waals surface area contributed by atoms with Crippen molar-refractivity contribution in [3.8, 4) is 11.1 Å². The third kappa shape index (κ3) is 7.21. The van der Waals surface area contributed by atoms with Crippen LogP contribution in [0.2, 0.25) is 0 Å². The number of benzene rings is 2. The van der Waals surface area contributed by atoms with Crippen LogP contribution in [0.15, 0.2) is 48.5 Å². The highest BCUT2D eigenvalue weighted by atomic mass is 16.5.